The van der Waals surface area contributed by atoms with Crippen LogP contribution in [0.2, 0.25) is 0 Å². The number of amides is 2. The topological polar surface area (TPSA) is 105 Å². The average Bonchev–Trinajstić information content (AvgIpc) is 2.78. The maximum Gasteiger partial charge on any atom is 0.251 e. The molecule has 172 valence electrons. The number of benzene rings is 2. The molecule has 8 nitrogen and oxygen atoms in total. The molecule has 2 N–H and O–H groups in total. The highest BCUT2D eigenvalue weighted by Crippen LogP contribution is 2.25. The molecule has 0 unspecified atom stereocenters. The van der Waals surface area contributed by atoms with E-state index in [-0.39, 0.29) is 12.1 Å². The predicted molar refractivity (Wildman–Crippen MR) is 118 cm³/mol. The number of methoxy groups -OCH3 is 1. The molecule has 0 saturated carbocycles. The number of carbonyl (C=O) groups is 2. The van der Waals surface area contributed by atoms with Gasteiger partial charge in [0, 0.05) is 18.7 Å². The Labute approximate surface area is 186 Å². The summed E-state index contributed by atoms with van der Waals surface area (Å²) >= 11 is 0. The molecular formula is C22H26FN3O5S. The van der Waals surface area contributed by atoms with E-state index in [0.29, 0.717) is 37.4 Å². The number of aryl methyl sites for hydroxylation is 1. The van der Waals surface area contributed by atoms with Crippen molar-refractivity contribution in [2.75, 3.05) is 32.1 Å². The minimum absolute atomic E-state index is 0.0529. The zero-order chi connectivity index (χ0) is 23.3. The Kier molecular flexibility index (Phi) is 7.47. The highest BCUT2D eigenvalue weighted by atomic mass is 32.2. The number of nitrogens with one attached hydrogen (secondary N) is 2. The van der Waals surface area contributed by atoms with Crippen LogP contribution in [0.15, 0.2) is 41.3 Å². The fraction of sp³-hybridized carbons (Fsp3) is 0.364. The molecule has 1 saturated heterocycles. The van der Waals surface area contributed by atoms with Crippen molar-refractivity contribution in [2.45, 2.75) is 31.1 Å². The van der Waals surface area contributed by atoms with Crippen molar-refractivity contribution in [3.05, 3.63) is 53.3 Å². The number of carbonyl (C=O) groups excluding carboxylic acids is 2. The molecular weight excluding hydrogens is 437 g/mol. The zero-order valence-corrected chi connectivity index (χ0v) is 18.8. The lowest BCUT2D eigenvalue weighted by molar-refractivity contribution is -0.115. The maximum atomic E-state index is 14.3. The van der Waals surface area contributed by atoms with Crippen LogP contribution in [0, 0.1) is 12.7 Å². The van der Waals surface area contributed by atoms with E-state index in [1.807, 2.05) is 13.0 Å². The standard InChI is InChI=1S/C22H26FN3O5S/c1-15-6-9-19(31-2)18(12-15)25-21(27)14-24-22(28)16-7-8-17(23)20(13-16)32(29,30)26-10-4-3-5-11-26/h6-9,12-13H,3-5,10-11,14H2,1-2H3,(H,24,28)(H,25,27). The first-order valence-electron chi connectivity index (χ1n) is 10.2. The Bertz CT molecular complexity index is 1110. The Balaban J connectivity index is 1.69. The van der Waals surface area contributed by atoms with Gasteiger partial charge >= 0.3 is 0 Å². The highest BCUT2D eigenvalue weighted by Gasteiger charge is 2.29. The Morgan fingerprint density at radius 2 is 1.81 bits per heavy atom. The van der Waals surface area contributed by atoms with E-state index in [2.05, 4.69) is 10.6 Å². The summed E-state index contributed by atoms with van der Waals surface area (Å²) in [4.78, 5) is 24.2. The minimum atomic E-state index is -4.05. The summed E-state index contributed by atoms with van der Waals surface area (Å²) < 4.78 is 46.4. The summed E-state index contributed by atoms with van der Waals surface area (Å²) in [7, 11) is -2.57. The third-order valence-corrected chi connectivity index (χ3v) is 7.08. The van der Waals surface area contributed by atoms with E-state index in [1.54, 1.807) is 12.1 Å². The van der Waals surface area contributed by atoms with Crippen molar-refractivity contribution in [1.82, 2.24) is 9.62 Å². The monoisotopic (exact) mass is 463 g/mol. The number of ether oxygens (including phenoxy) is 1. The molecule has 0 bridgehead atoms. The van der Waals surface area contributed by atoms with Crippen molar-refractivity contribution in [3.63, 3.8) is 0 Å². The van der Waals surface area contributed by atoms with E-state index < -0.39 is 32.6 Å². The van der Waals surface area contributed by atoms with E-state index in [9.17, 15) is 22.4 Å². The van der Waals surface area contributed by atoms with Crippen LogP contribution in [0.4, 0.5) is 10.1 Å². The van der Waals surface area contributed by atoms with Crippen LogP contribution < -0.4 is 15.4 Å². The lowest BCUT2D eigenvalue weighted by atomic mass is 10.2. The molecule has 0 atom stereocenters. The van der Waals surface area contributed by atoms with E-state index >= 15 is 0 Å². The molecule has 1 aliphatic rings. The van der Waals surface area contributed by atoms with Gasteiger partial charge in [0.2, 0.25) is 15.9 Å². The number of hydrogen-bond acceptors (Lipinski definition) is 5. The zero-order valence-electron chi connectivity index (χ0n) is 18.0. The summed E-state index contributed by atoms with van der Waals surface area (Å²) in [5, 5.41) is 5.08. The summed E-state index contributed by atoms with van der Waals surface area (Å²) in [6.45, 7) is 2.14. The Hall–Kier alpha value is -2.98. The Morgan fingerprint density at radius 1 is 1.09 bits per heavy atom. The summed E-state index contributed by atoms with van der Waals surface area (Å²) in [6, 6.07) is 8.42. The van der Waals surface area contributed by atoms with Gasteiger partial charge in [0.05, 0.1) is 19.3 Å². The average molecular weight is 464 g/mol. The molecule has 2 aromatic carbocycles. The van der Waals surface area contributed by atoms with E-state index in [1.165, 1.54) is 17.5 Å². The molecule has 1 fully saturated rings. The molecule has 0 aliphatic carbocycles. The third-order valence-electron chi connectivity index (χ3n) is 5.16. The second-order valence-electron chi connectivity index (χ2n) is 7.54. The molecule has 32 heavy (non-hydrogen) atoms. The predicted octanol–water partition coefficient (Wildman–Crippen LogP) is 2.69. The fourth-order valence-electron chi connectivity index (χ4n) is 3.46. The summed E-state index contributed by atoms with van der Waals surface area (Å²) in [6.07, 6.45) is 2.34. The molecule has 0 spiro atoms. The lowest BCUT2D eigenvalue weighted by Crippen LogP contribution is -2.36. The van der Waals surface area contributed by atoms with Crippen LogP contribution >= 0.6 is 0 Å². The quantitative estimate of drug-likeness (QED) is 0.657. The summed E-state index contributed by atoms with van der Waals surface area (Å²) in [5.74, 6) is -1.63. The summed E-state index contributed by atoms with van der Waals surface area (Å²) in [5.41, 5.74) is 1.32. The molecule has 3 rings (SSSR count). The molecule has 0 radical (unpaired) electrons. The van der Waals surface area contributed by atoms with Gasteiger partial charge in [-0.3, -0.25) is 9.59 Å². The normalized spacial score (nSPS) is 14.6. The molecule has 0 aromatic heterocycles. The van der Waals surface area contributed by atoms with Crippen LogP contribution in [0.5, 0.6) is 5.75 Å². The number of hydrogen-bond donors (Lipinski definition) is 2. The molecule has 1 aliphatic heterocycles. The van der Waals surface area contributed by atoms with Gasteiger partial charge in [0.25, 0.3) is 5.91 Å². The van der Waals surface area contributed by atoms with Crippen LogP contribution in [0.3, 0.4) is 0 Å². The number of anilines is 1. The van der Waals surface area contributed by atoms with Gasteiger partial charge in [-0.25, -0.2) is 12.8 Å². The van der Waals surface area contributed by atoms with Gasteiger partial charge in [0.1, 0.15) is 16.5 Å². The molecule has 2 aromatic rings. The third kappa shape index (κ3) is 5.43. The van der Waals surface area contributed by atoms with Gasteiger partial charge in [-0.1, -0.05) is 12.5 Å². The van der Waals surface area contributed by atoms with Crippen molar-refractivity contribution < 1.29 is 27.1 Å². The molecule has 10 heteroatoms. The lowest BCUT2D eigenvalue weighted by Gasteiger charge is -2.26. The fourth-order valence-corrected chi connectivity index (χ4v) is 5.07. The van der Waals surface area contributed by atoms with Crippen molar-refractivity contribution in [1.29, 1.82) is 0 Å². The van der Waals surface area contributed by atoms with Crippen LogP contribution in [-0.2, 0) is 14.8 Å². The van der Waals surface area contributed by atoms with Crippen LogP contribution in [0.1, 0.15) is 35.2 Å². The number of nitrogens with zero attached hydrogens (tertiary/aromatic N) is 1. The van der Waals surface area contributed by atoms with Crippen molar-refractivity contribution in [3.8, 4) is 5.75 Å². The van der Waals surface area contributed by atoms with Gasteiger partial charge in [0.15, 0.2) is 0 Å². The number of halogens is 1. The highest BCUT2D eigenvalue weighted by molar-refractivity contribution is 7.89. The van der Waals surface area contributed by atoms with E-state index in [0.717, 1.165) is 24.1 Å². The second-order valence-corrected chi connectivity index (χ2v) is 9.45. The number of piperidine rings is 1. The van der Waals surface area contributed by atoms with E-state index in [4.69, 9.17) is 4.74 Å². The number of sulfonamides is 1. The second kappa shape index (κ2) is 10.1. The van der Waals surface area contributed by atoms with Gasteiger partial charge in [-0.15, -0.1) is 0 Å². The van der Waals surface area contributed by atoms with Crippen molar-refractivity contribution in [2.24, 2.45) is 0 Å². The van der Waals surface area contributed by atoms with Crippen LogP contribution in [-0.4, -0.2) is 51.3 Å². The Morgan fingerprint density at radius 3 is 2.50 bits per heavy atom. The first-order chi connectivity index (χ1) is 15.2. The van der Waals surface area contributed by atoms with Gasteiger partial charge in [-0.05, 0) is 55.7 Å². The molecule has 2 amide bonds. The SMILES string of the molecule is COc1ccc(C)cc1NC(=O)CNC(=O)c1ccc(F)c(S(=O)(=O)N2CCCCC2)c1. The first-order valence-corrected chi connectivity index (χ1v) is 11.7. The molecule has 1 heterocycles. The minimum Gasteiger partial charge on any atom is -0.495 e. The van der Waals surface area contributed by atoms with Crippen LogP contribution in [0.25, 0.3) is 0 Å². The maximum absolute atomic E-state index is 14.3. The van der Waals surface area contributed by atoms with Gasteiger partial charge in [-0.2, -0.15) is 4.31 Å². The smallest absolute Gasteiger partial charge is 0.251 e. The first kappa shape index (κ1) is 23.7. The largest absolute Gasteiger partial charge is 0.495 e. The number of rotatable bonds is 7. The van der Waals surface area contributed by atoms with Gasteiger partial charge < -0.3 is 15.4 Å². The van der Waals surface area contributed by atoms with Crippen molar-refractivity contribution >= 4 is 27.5 Å².